The van der Waals surface area contributed by atoms with Gasteiger partial charge in [-0.15, -0.1) is 0 Å². The number of anilines is 1. The minimum atomic E-state index is -0.925. The van der Waals surface area contributed by atoms with Crippen LogP contribution in [0.3, 0.4) is 0 Å². The molecule has 3 aromatic heterocycles. The Kier molecular flexibility index (Phi) is 4.54. The van der Waals surface area contributed by atoms with Crippen LogP contribution in [0.15, 0.2) is 30.6 Å². The zero-order valence-electron chi connectivity index (χ0n) is 17.0. The Morgan fingerprint density at radius 2 is 2.03 bits per heavy atom. The minimum absolute atomic E-state index is 0.0145. The first-order valence-electron chi connectivity index (χ1n) is 9.70. The molecule has 0 bridgehead atoms. The summed E-state index contributed by atoms with van der Waals surface area (Å²) in [5.74, 6) is -2.45. The number of pyridine rings is 1. The van der Waals surface area contributed by atoms with Crippen molar-refractivity contribution >= 4 is 17.1 Å². The molecule has 3 heterocycles. The smallest absolute Gasteiger partial charge is 0.252 e. The summed E-state index contributed by atoms with van der Waals surface area (Å²) in [6.07, 6.45) is 4.61. The molecule has 1 amide bonds. The lowest BCUT2D eigenvalue weighted by atomic mass is 9.75. The largest absolute Gasteiger partial charge is 0.379 e. The number of aromatic nitrogens is 3. The number of nitrogens with two attached hydrogens (primary N) is 2. The quantitative estimate of drug-likeness (QED) is 0.568. The van der Waals surface area contributed by atoms with Crippen LogP contribution in [0.1, 0.15) is 44.0 Å². The van der Waals surface area contributed by atoms with E-state index >= 15 is 0 Å². The molecule has 158 valence electrons. The second-order valence-electron chi connectivity index (χ2n) is 8.70. The van der Waals surface area contributed by atoms with Gasteiger partial charge in [-0.2, -0.15) is 18.9 Å². The lowest BCUT2D eigenvalue weighted by molar-refractivity contribution is 0.100. The molecule has 1 fully saturated rings. The Hall–Kier alpha value is -3.07. The van der Waals surface area contributed by atoms with Gasteiger partial charge in [0.2, 0.25) is 11.9 Å². The number of hydrogen-bond acceptors (Lipinski definition) is 5. The third kappa shape index (κ3) is 3.09. The molecule has 0 unspecified atom stereocenters. The Morgan fingerprint density at radius 1 is 1.30 bits per heavy atom. The molecular formula is C21H24F2N6O. The summed E-state index contributed by atoms with van der Waals surface area (Å²) in [5, 5.41) is 7.69. The van der Waals surface area contributed by atoms with E-state index in [0.29, 0.717) is 16.8 Å². The Bertz CT molecular complexity index is 1150. The van der Waals surface area contributed by atoms with E-state index in [4.69, 9.17) is 11.5 Å². The predicted octanol–water partition coefficient (Wildman–Crippen LogP) is 3.09. The summed E-state index contributed by atoms with van der Waals surface area (Å²) in [6, 6.07) is 4.06. The van der Waals surface area contributed by atoms with Gasteiger partial charge < -0.3 is 16.8 Å². The molecule has 0 aromatic carbocycles. The van der Waals surface area contributed by atoms with Crippen molar-refractivity contribution in [2.45, 2.75) is 45.2 Å². The average Bonchev–Trinajstić information content (AvgIpc) is 3.16. The van der Waals surface area contributed by atoms with Gasteiger partial charge in [-0.05, 0) is 38.0 Å². The number of amides is 1. The number of primary amides is 1. The highest BCUT2D eigenvalue weighted by atomic mass is 19.1. The molecule has 0 radical (unpaired) electrons. The predicted molar refractivity (Wildman–Crippen MR) is 110 cm³/mol. The van der Waals surface area contributed by atoms with Crippen molar-refractivity contribution in [3.8, 4) is 11.1 Å². The van der Waals surface area contributed by atoms with Crippen molar-refractivity contribution in [1.82, 2.24) is 14.6 Å². The zero-order valence-corrected chi connectivity index (χ0v) is 17.0. The van der Waals surface area contributed by atoms with Crippen molar-refractivity contribution in [3.63, 3.8) is 0 Å². The molecule has 1 aliphatic rings. The molecule has 30 heavy (non-hydrogen) atoms. The zero-order chi connectivity index (χ0) is 21.8. The van der Waals surface area contributed by atoms with Gasteiger partial charge >= 0.3 is 0 Å². The van der Waals surface area contributed by atoms with Crippen molar-refractivity contribution in [1.29, 1.82) is 0 Å². The fraction of sp³-hybridized carbons (Fsp3) is 0.381. The molecule has 9 heteroatoms. The Morgan fingerprint density at radius 3 is 2.63 bits per heavy atom. The van der Waals surface area contributed by atoms with Crippen LogP contribution in [-0.2, 0) is 0 Å². The Balaban J connectivity index is 1.84. The minimum Gasteiger partial charge on any atom is -0.379 e. The van der Waals surface area contributed by atoms with Gasteiger partial charge in [0, 0.05) is 34.3 Å². The van der Waals surface area contributed by atoms with E-state index in [2.05, 4.69) is 29.2 Å². The highest BCUT2D eigenvalue weighted by molar-refractivity contribution is 6.02. The highest BCUT2D eigenvalue weighted by Gasteiger charge is 2.49. The first-order chi connectivity index (χ1) is 14.0. The van der Waals surface area contributed by atoms with E-state index in [1.807, 2.05) is 6.92 Å². The normalized spacial score (nSPS) is 23.1. The molecule has 5 N–H and O–H groups in total. The Labute approximate surface area is 172 Å². The van der Waals surface area contributed by atoms with Crippen molar-refractivity contribution in [2.24, 2.45) is 16.9 Å². The van der Waals surface area contributed by atoms with E-state index in [1.165, 1.54) is 16.8 Å². The summed E-state index contributed by atoms with van der Waals surface area (Å²) in [4.78, 5) is 15.3. The van der Waals surface area contributed by atoms with Crippen molar-refractivity contribution in [3.05, 3.63) is 48.1 Å². The van der Waals surface area contributed by atoms with Crippen molar-refractivity contribution < 1.29 is 13.6 Å². The summed E-state index contributed by atoms with van der Waals surface area (Å²) < 4.78 is 28.9. The average molecular weight is 414 g/mol. The van der Waals surface area contributed by atoms with Crippen LogP contribution in [0.25, 0.3) is 16.6 Å². The van der Waals surface area contributed by atoms with Crippen LogP contribution in [0.2, 0.25) is 0 Å². The van der Waals surface area contributed by atoms with Crippen LogP contribution >= 0.6 is 0 Å². The topological polar surface area (TPSA) is 111 Å². The van der Waals surface area contributed by atoms with Crippen LogP contribution in [-0.4, -0.2) is 32.1 Å². The number of halogens is 2. The lowest BCUT2D eigenvalue weighted by Gasteiger charge is -2.39. The van der Waals surface area contributed by atoms with Crippen molar-refractivity contribution in [2.75, 3.05) is 5.32 Å². The van der Waals surface area contributed by atoms with Crippen LogP contribution < -0.4 is 16.8 Å². The van der Waals surface area contributed by atoms with Gasteiger partial charge in [-0.3, -0.25) is 4.79 Å². The van der Waals surface area contributed by atoms with Gasteiger partial charge in [-0.25, -0.2) is 4.52 Å². The van der Waals surface area contributed by atoms with E-state index in [0.717, 1.165) is 18.9 Å². The number of fused-ring (bicyclic) bond motifs is 1. The van der Waals surface area contributed by atoms with E-state index in [-0.39, 0.29) is 28.1 Å². The fourth-order valence-electron chi connectivity index (χ4n) is 4.12. The van der Waals surface area contributed by atoms with E-state index < -0.39 is 17.8 Å². The monoisotopic (exact) mass is 414 g/mol. The maximum atomic E-state index is 14.2. The lowest BCUT2D eigenvalue weighted by Crippen LogP contribution is -2.51. The highest BCUT2D eigenvalue weighted by Crippen LogP contribution is 2.46. The maximum absolute atomic E-state index is 14.2. The summed E-state index contributed by atoms with van der Waals surface area (Å²) in [5.41, 5.74) is 13.3. The number of carbonyl (C=O) groups excluding carboxylic acids is 1. The molecule has 1 aliphatic carbocycles. The number of carbonyl (C=O) groups is 1. The molecule has 3 aromatic rings. The second-order valence-corrected chi connectivity index (χ2v) is 8.70. The molecule has 0 aliphatic heterocycles. The number of rotatable bonds is 4. The number of hydrogen-bond donors (Lipinski definition) is 3. The first kappa shape index (κ1) is 20.2. The molecule has 7 nitrogen and oxygen atoms in total. The number of nitrogens with zero attached hydrogens (tertiary/aromatic N) is 3. The van der Waals surface area contributed by atoms with E-state index in [1.54, 1.807) is 12.3 Å². The summed E-state index contributed by atoms with van der Waals surface area (Å²) in [6.45, 7) is 6.19. The van der Waals surface area contributed by atoms with Gasteiger partial charge in [0.1, 0.15) is 0 Å². The molecular weight excluding hydrogens is 390 g/mol. The van der Waals surface area contributed by atoms with Crippen LogP contribution in [0.4, 0.5) is 14.5 Å². The molecule has 4 rings (SSSR count). The van der Waals surface area contributed by atoms with Crippen LogP contribution in [0.5, 0.6) is 0 Å². The fourth-order valence-corrected chi connectivity index (χ4v) is 4.12. The summed E-state index contributed by atoms with van der Waals surface area (Å²) >= 11 is 0. The van der Waals surface area contributed by atoms with Crippen LogP contribution in [0, 0.1) is 17.3 Å². The SMILES string of the molecule is CC1(C)[C@H](Nc2c(C(N)=O)cnn3cc(-c4ccc(F)nc4F)cc23)CC[C@]1(C)N. The van der Waals surface area contributed by atoms with E-state index in [9.17, 15) is 13.6 Å². The molecule has 1 saturated carbocycles. The third-order valence-electron chi connectivity index (χ3n) is 6.64. The van der Waals surface area contributed by atoms with Gasteiger partial charge in [0.15, 0.2) is 0 Å². The second kappa shape index (κ2) is 6.73. The standard InChI is InChI=1S/C21H24F2N6O/c1-20(2)15(6-7-21(20,3)25)27-17-13(19(24)30)9-26-29-10-11(8-14(17)29)12-4-5-16(22)28-18(12)23/h4-5,8-10,15,27H,6-7,25H2,1-3H3,(H2,24,30)/t15-,21+/m1/s1. The van der Waals surface area contributed by atoms with Gasteiger partial charge in [0.25, 0.3) is 5.91 Å². The maximum Gasteiger partial charge on any atom is 0.252 e. The number of nitrogens with one attached hydrogen (secondary N) is 1. The van der Waals surface area contributed by atoms with Gasteiger partial charge in [-0.1, -0.05) is 13.8 Å². The first-order valence-corrected chi connectivity index (χ1v) is 9.70. The molecule has 0 spiro atoms. The summed E-state index contributed by atoms with van der Waals surface area (Å²) in [7, 11) is 0. The molecule has 0 saturated heterocycles. The third-order valence-corrected chi connectivity index (χ3v) is 6.64. The van der Waals surface area contributed by atoms with Gasteiger partial charge in [0.05, 0.1) is 23.0 Å². The molecule has 2 atom stereocenters.